The van der Waals surface area contributed by atoms with Gasteiger partial charge in [-0.1, -0.05) is 0 Å². The van der Waals surface area contributed by atoms with Crippen LogP contribution in [0.15, 0.2) is 35.1 Å². The average Bonchev–Trinajstić information content (AvgIpc) is 3.13. The summed E-state index contributed by atoms with van der Waals surface area (Å²) in [4.78, 5) is 22.8. The van der Waals surface area contributed by atoms with Gasteiger partial charge in [-0.3, -0.25) is 4.98 Å². The second kappa shape index (κ2) is 5.31. The van der Waals surface area contributed by atoms with Crippen molar-refractivity contribution in [2.24, 2.45) is 0 Å². The van der Waals surface area contributed by atoms with Crippen molar-refractivity contribution in [3.05, 3.63) is 40.8 Å². The molecule has 0 aliphatic heterocycles. The number of aromatic amines is 1. The molecule has 0 fully saturated rings. The number of hydrogen-bond acceptors (Lipinski definition) is 5. The number of rotatable bonds is 2. The molecule has 0 radical (unpaired) electrons. The number of pyridine rings is 1. The molecule has 0 aliphatic rings. The number of fused-ring (bicyclic) bond motifs is 3. The van der Waals surface area contributed by atoms with Gasteiger partial charge >= 0.3 is 6.16 Å². The Morgan fingerprint density at radius 2 is 2.21 bits per heavy atom. The third kappa shape index (κ3) is 2.38. The number of carbonyl (C=O) groups is 1. The summed E-state index contributed by atoms with van der Waals surface area (Å²) in [5, 5.41) is 13.6. The number of hydrogen-bond donors (Lipinski definition) is 2. The van der Waals surface area contributed by atoms with E-state index in [1.165, 1.54) is 17.1 Å². The molecule has 3 heterocycles. The Morgan fingerprint density at radius 3 is 3.00 bits per heavy atom. The largest absolute Gasteiger partial charge is 0.511 e. The fourth-order valence-corrected chi connectivity index (χ4v) is 3.02. The van der Waals surface area contributed by atoms with Crippen LogP contribution in [-0.4, -0.2) is 36.0 Å². The molecular weight excluding hydrogens is 378 g/mol. The van der Waals surface area contributed by atoms with E-state index >= 15 is 0 Å². The van der Waals surface area contributed by atoms with Gasteiger partial charge in [-0.2, -0.15) is 5.10 Å². The van der Waals surface area contributed by atoms with Gasteiger partial charge in [-0.25, -0.2) is 14.5 Å². The molecule has 4 aromatic rings. The minimum Gasteiger partial charge on any atom is -0.449 e. The van der Waals surface area contributed by atoms with Crippen LogP contribution in [-0.2, 0) is 0 Å². The van der Waals surface area contributed by atoms with Crippen LogP contribution >= 0.6 is 15.9 Å². The van der Waals surface area contributed by atoms with Crippen molar-refractivity contribution in [3.63, 3.8) is 0 Å². The Balaban J connectivity index is 1.88. The Labute approximate surface area is 143 Å². The van der Waals surface area contributed by atoms with Crippen molar-refractivity contribution >= 4 is 44.0 Å². The molecule has 0 amide bonds. The van der Waals surface area contributed by atoms with Gasteiger partial charge in [0, 0.05) is 15.6 Å². The van der Waals surface area contributed by atoms with Crippen LogP contribution in [0.2, 0.25) is 0 Å². The first-order chi connectivity index (χ1) is 11.5. The molecule has 8 nitrogen and oxygen atoms in total. The molecule has 0 unspecified atom stereocenters. The molecule has 120 valence electrons. The highest BCUT2D eigenvalue weighted by molar-refractivity contribution is 9.10. The number of nitrogens with zero attached hydrogens (tertiary/aromatic N) is 4. The predicted molar refractivity (Wildman–Crippen MR) is 89.6 cm³/mol. The molecule has 0 aliphatic carbocycles. The van der Waals surface area contributed by atoms with Crippen LogP contribution < -0.4 is 4.74 Å². The van der Waals surface area contributed by atoms with Crippen molar-refractivity contribution in [2.75, 3.05) is 0 Å². The Bertz CT molecular complexity index is 1100. The normalized spacial score (nSPS) is 11.2. The summed E-state index contributed by atoms with van der Waals surface area (Å²) in [5.41, 5.74) is 3.33. The molecule has 3 aromatic heterocycles. The fraction of sp³-hybridized carbons (Fsp3) is 0.0667. The van der Waals surface area contributed by atoms with Gasteiger partial charge in [0.1, 0.15) is 0 Å². The Hall–Kier alpha value is -2.94. The molecule has 24 heavy (non-hydrogen) atoms. The summed E-state index contributed by atoms with van der Waals surface area (Å²) >= 11 is 3.52. The third-order valence-electron chi connectivity index (χ3n) is 3.49. The number of imidazole rings is 1. The van der Waals surface area contributed by atoms with E-state index in [1.54, 1.807) is 0 Å². The minimum atomic E-state index is -1.39. The number of aromatic nitrogens is 5. The lowest BCUT2D eigenvalue weighted by atomic mass is 10.1. The lowest BCUT2D eigenvalue weighted by molar-refractivity contribution is 0.144. The zero-order chi connectivity index (χ0) is 16.8. The lowest BCUT2D eigenvalue weighted by Gasteiger charge is -2.02. The molecule has 2 N–H and O–H groups in total. The lowest BCUT2D eigenvalue weighted by Crippen LogP contribution is -2.02. The SMILES string of the molecule is Cc1ccc2c(n1)c(Br)cc1nc(-n3cc(OC(=O)O)cn3)[nH]c12. The smallest absolute Gasteiger partial charge is 0.449 e. The Kier molecular flexibility index (Phi) is 3.24. The van der Waals surface area contributed by atoms with E-state index in [2.05, 4.69) is 40.7 Å². The average molecular weight is 388 g/mol. The monoisotopic (exact) mass is 387 g/mol. The molecule has 0 spiro atoms. The maximum atomic E-state index is 10.6. The van der Waals surface area contributed by atoms with Crippen molar-refractivity contribution in [1.82, 2.24) is 24.7 Å². The van der Waals surface area contributed by atoms with Gasteiger partial charge in [0.25, 0.3) is 0 Å². The molecule has 1 aromatic carbocycles. The molecular formula is C15H10BrN5O3. The summed E-state index contributed by atoms with van der Waals surface area (Å²) in [7, 11) is 0. The highest BCUT2D eigenvalue weighted by Gasteiger charge is 2.13. The Morgan fingerprint density at radius 1 is 1.38 bits per heavy atom. The summed E-state index contributed by atoms with van der Waals surface area (Å²) in [6.45, 7) is 1.93. The zero-order valence-electron chi connectivity index (χ0n) is 12.3. The molecule has 0 bridgehead atoms. The summed E-state index contributed by atoms with van der Waals surface area (Å²) in [6, 6.07) is 5.79. The predicted octanol–water partition coefficient (Wildman–Crippen LogP) is 3.42. The third-order valence-corrected chi connectivity index (χ3v) is 4.10. The second-order valence-corrected chi connectivity index (χ2v) is 6.00. The molecule has 0 atom stereocenters. The van der Waals surface area contributed by atoms with Gasteiger partial charge in [0.05, 0.1) is 28.9 Å². The van der Waals surface area contributed by atoms with E-state index in [1.807, 2.05) is 25.1 Å². The highest BCUT2D eigenvalue weighted by Crippen LogP contribution is 2.30. The maximum absolute atomic E-state index is 10.6. The number of nitrogens with one attached hydrogen (secondary N) is 1. The number of H-pyrrole nitrogens is 1. The van der Waals surface area contributed by atoms with E-state index in [0.717, 1.165) is 32.1 Å². The van der Waals surface area contributed by atoms with Crippen molar-refractivity contribution in [2.45, 2.75) is 6.92 Å². The first-order valence-corrected chi connectivity index (χ1v) is 7.72. The van der Waals surface area contributed by atoms with Gasteiger partial charge in [0.15, 0.2) is 5.75 Å². The highest BCUT2D eigenvalue weighted by atomic mass is 79.9. The number of aryl methyl sites for hydroxylation is 1. The molecule has 0 saturated carbocycles. The quantitative estimate of drug-likeness (QED) is 0.510. The summed E-state index contributed by atoms with van der Waals surface area (Å²) in [6.07, 6.45) is 1.35. The molecule has 9 heteroatoms. The van der Waals surface area contributed by atoms with Gasteiger partial charge in [0.2, 0.25) is 5.95 Å². The van der Waals surface area contributed by atoms with Crippen LogP contribution in [0.25, 0.3) is 27.9 Å². The maximum Gasteiger partial charge on any atom is 0.511 e. The standard InChI is InChI=1S/C15H10BrN5O3/c1-7-2-3-9-12(18-7)10(16)4-11-13(9)20-14(19-11)21-6-8(5-17-21)24-15(22)23/h2-6H,1H3,(H,19,20)(H,22,23). The topological polar surface area (TPSA) is 106 Å². The summed E-state index contributed by atoms with van der Waals surface area (Å²) in [5.74, 6) is 0.566. The second-order valence-electron chi connectivity index (χ2n) is 5.15. The fourth-order valence-electron chi connectivity index (χ4n) is 2.50. The van der Waals surface area contributed by atoms with Crippen molar-refractivity contribution in [1.29, 1.82) is 0 Å². The van der Waals surface area contributed by atoms with Gasteiger partial charge < -0.3 is 14.8 Å². The number of carboxylic acid groups (broad SMARTS) is 1. The van der Waals surface area contributed by atoms with E-state index < -0.39 is 6.16 Å². The van der Waals surface area contributed by atoms with E-state index in [0.29, 0.717) is 5.95 Å². The molecule has 4 rings (SSSR count). The van der Waals surface area contributed by atoms with Crippen LogP contribution in [0.3, 0.4) is 0 Å². The summed E-state index contributed by atoms with van der Waals surface area (Å²) < 4.78 is 6.83. The van der Waals surface area contributed by atoms with Crippen LogP contribution in [0.4, 0.5) is 4.79 Å². The van der Waals surface area contributed by atoms with Crippen molar-refractivity contribution < 1.29 is 14.6 Å². The minimum absolute atomic E-state index is 0.117. The van der Waals surface area contributed by atoms with Gasteiger partial charge in [-0.15, -0.1) is 0 Å². The first kappa shape index (κ1) is 14.6. The van der Waals surface area contributed by atoms with E-state index in [9.17, 15) is 4.79 Å². The zero-order valence-corrected chi connectivity index (χ0v) is 13.9. The van der Waals surface area contributed by atoms with Crippen LogP contribution in [0.5, 0.6) is 5.75 Å². The van der Waals surface area contributed by atoms with E-state index in [4.69, 9.17) is 5.11 Å². The van der Waals surface area contributed by atoms with Crippen LogP contribution in [0.1, 0.15) is 5.69 Å². The number of ether oxygens (including phenoxy) is 1. The first-order valence-electron chi connectivity index (χ1n) is 6.92. The molecule has 0 saturated heterocycles. The number of benzene rings is 1. The van der Waals surface area contributed by atoms with Crippen molar-refractivity contribution in [3.8, 4) is 11.7 Å². The van der Waals surface area contributed by atoms with Crippen LogP contribution in [0, 0.1) is 6.92 Å². The van der Waals surface area contributed by atoms with E-state index in [-0.39, 0.29) is 5.75 Å². The van der Waals surface area contributed by atoms with Gasteiger partial charge in [-0.05, 0) is 41.1 Å². The number of halogens is 1.